The summed E-state index contributed by atoms with van der Waals surface area (Å²) >= 11 is 0. The van der Waals surface area contributed by atoms with Crippen LogP contribution < -0.4 is 5.32 Å². The van der Waals surface area contributed by atoms with E-state index in [1.165, 1.54) is 0 Å². The van der Waals surface area contributed by atoms with E-state index in [2.05, 4.69) is 16.8 Å². The van der Waals surface area contributed by atoms with Crippen molar-refractivity contribution < 1.29 is 4.92 Å². The Morgan fingerprint density at radius 2 is 2.00 bits per heavy atom. The van der Waals surface area contributed by atoms with Crippen LogP contribution in [0.2, 0.25) is 0 Å². The maximum atomic E-state index is 10.7. The Bertz CT molecular complexity index is 439. The highest BCUT2D eigenvalue weighted by Crippen LogP contribution is 2.26. The van der Waals surface area contributed by atoms with E-state index in [9.17, 15) is 10.1 Å². The molecule has 1 aliphatic rings. The summed E-state index contributed by atoms with van der Waals surface area (Å²) in [4.78, 5) is 12.7. The van der Waals surface area contributed by atoms with Crippen LogP contribution in [0.25, 0.3) is 0 Å². The van der Waals surface area contributed by atoms with Gasteiger partial charge in [-0.25, -0.2) is 0 Å². The second-order valence-electron chi connectivity index (χ2n) is 4.67. The molecule has 0 amide bonds. The molecular weight excluding hydrogens is 242 g/mol. The lowest BCUT2D eigenvalue weighted by molar-refractivity contribution is -0.384. The predicted molar refractivity (Wildman–Crippen MR) is 75.1 cm³/mol. The molecule has 1 aromatic carbocycles. The van der Waals surface area contributed by atoms with Crippen molar-refractivity contribution in [3.8, 4) is 0 Å². The number of nitro groups is 1. The molecule has 1 atom stereocenters. The first kappa shape index (κ1) is 13.7. The molecule has 0 unspecified atom stereocenters. The lowest BCUT2D eigenvalue weighted by Crippen LogP contribution is -2.45. The Morgan fingerprint density at radius 1 is 1.37 bits per heavy atom. The number of rotatable bonds is 5. The van der Waals surface area contributed by atoms with Crippen molar-refractivity contribution in [2.24, 2.45) is 0 Å². The summed E-state index contributed by atoms with van der Waals surface area (Å²) < 4.78 is 0. The normalized spacial score (nSPS) is 17.9. The topological polar surface area (TPSA) is 58.4 Å². The van der Waals surface area contributed by atoms with Crippen molar-refractivity contribution in [3.05, 3.63) is 52.6 Å². The van der Waals surface area contributed by atoms with Gasteiger partial charge in [0, 0.05) is 44.4 Å². The van der Waals surface area contributed by atoms with Crippen molar-refractivity contribution in [3.63, 3.8) is 0 Å². The van der Waals surface area contributed by atoms with Crippen molar-refractivity contribution in [2.45, 2.75) is 12.5 Å². The molecule has 0 radical (unpaired) electrons. The van der Waals surface area contributed by atoms with Gasteiger partial charge in [-0.3, -0.25) is 15.0 Å². The van der Waals surface area contributed by atoms with Gasteiger partial charge in [0.1, 0.15) is 0 Å². The van der Waals surface area contributed by atoms with Gasteiger partial charge in [0.2, 0.25) is 0 Å². The van der Waals surface area contributed by atoms with Gasteiger partial charge in [-0.2, -0.15) is 0 Å². The summed E-state index contributed by atoms with van der Waals surface area (Å²) in [7, 11) is 0. The minimum atomic E-state index is -0.364. The van der Waals surface area contributed by atoms with Gasteiger partial charge < -0.3 is 5.32 Å². The number of hydrogen-bond donors (Lipinski definition) is 1. The number of hydrogen-bond acceptors (Lipinski definition) is 4. The molecule has 1 heterocycles. The number of benzene rings is 1. The molecule has 1 aliphatic heterocycles. The summed E-state index contributed by atoms with van der Waals surface area (Å²) in [6.07, 6.45) is 2.77. The standard InChI is InChI=1S/C14H19N3O2/c1-2-3-14(16-10-8-15-9-11-16)12-4-6-13(7-5-12)17(18)19/h2,4-7,14-15H,1,3,8-11H2/t14-/m1/s1. The first-order valence-corrected chi connectivity index (χ1v) is 6.52. The molecule has 102 valence electrons. The van der Waals surface area contributed by atoms with E-state index < -0.39 is 0 Å². The van der Waals surface area contributed by atoms with E-state index in [0.29, 0.717) is 0 Å². The van der Waals surface area contributed by atoms with Crippen LogP contribution in [0.4, 0.5) is 5.69 Å². The van der Waals surface area contributed by atoms with Gasteiger partial charge in [-0.1, -0.05) is 18.2 Å². The Labute approximate surface area is 113 Å². The van der Waals surface area contributed by atoms with Crippen molar-refractivity contribution in [1.29, 1.82) is 0 Å². The molecule has 2 rings (SSSR count). The lowest BCUT2D eigenvalue weighted by Gasteiger charge is -2.34. The smallest absolute Gasteiger partial charge is 0.269 e. The molecule has 19 heavy (non-hydrogen) atoms. The maximum absolute atomic E-state index is 10.7. The Balaban J connectivity index is 2.17. The molecule has 1 N–H and O–H groups in total. The molecule has 5 heteroatoms. The van der Waals surface area contributed by atoms with E-state index in [4.69, 9.17) is 0 Å². The minimum Gasteiger partial charge on any atom is -0.314 e. The summed E-state index contributed by atoms with van der Waals surface area (Å²) in [5, 5.41) is 14.0. The highest BCUT2D eigenvalue weighted by Gasteiger charge is 2.21. The molecule has 1 saturated heterocycles. The van der Waals surface area contributed by atoms with Crippen LogP contribution in [-0.4, -0.2) is 36.0 Å². The molecule has 0 spiro atoms. The zero-order valence-corrected chi connectivity index (χ0v) is 10.9. The van der Waals surface area contributed by atoms with Crippen LogP contribution in [0.3, 0.4) is 0 Å². The van der Waals surface area contributed by atoms with Gasteiger partial charge >= 0.3 is 0 Å². The maximum Gasteiger partial charge on any atom is 0.269 e. The van der Waals surface area contributed by atoms with E-state index >= 15 is 0 Å². The Morgan fingerprint density at radius 3 is 2.53 bits per heavy atom. The largest absolute Gasteiger partial charge is 0.314 e. The Hall–Kier alpha value is -1.72. The summed E-state index contributed by atoms with van der Waals surface area (Å²) in [6.45, 7) is 7.78. The number of nitrogens with one attached hydrogen (secondary N) is 1. The zero-order valence-electron chi connectivity index (χ0n) is 10.9. The van der Waals surface area contributed by atoms with Crippen LogP contribution in [0.5, 0.6) is 0 Å². The van der Waals surface area contributed by atoms with Crippen LogP contribution >= 0.6 is 0 Å². The van der Waals surface area contributed by atoms with Crippen LogP contribution in [-0.2, 0) is 0 Å². The van der Waals surface area contributed by atoms with Crippen LogP contribution in [0, 0.1) is 10.1 Å². The number of non-ortho nitro benzene ring substituents is 1. The highest BCUT2D eigenvalue weighted by molar-refractivity contribution is 5.34. The fraction of sp³-hybridized carbons (Fsp3) is 0.429. The zero-order chi connectivity index (χ0) is 13.7. The molecule has 1 aromatic rings. The third-order valence-electron chi connectivity index (χ3n) is 3.47. The van der Waals surface area contributed by atoms with E-state index in [1.54, 1.807) is 12.1 Å². The second-order valence-corrected chi connectivity index (χ2v) is 4.67. The number of nitro benzene ring substituents is 1. The SMILES string of the molecule is C=CC[C@H](c1ccc([N+](=O)[O-])cc1)N1CCNCC1. The van der Waals surface area contributed by atoms with Gasteiger partial charge in [-0.05, 0) is 12.0 Å². The van der Waals surface area contributed by atoms with Gasteiger partial charge in [-0.15, -0.1) is 6.58 Å². The highest BCUT2D eigenvalue weighted by atomic mass is 16.6. The van der Waals surface area contributed by atoms with Gasteiger partial charge in [0.15, 0.2) is 0 Å². The average molecular weight is 261 g/mol. The van der Waals surface area contributed by atoms with Crippen molar-refractivity contribution >= 4 is 5.69 Å². The molecule has 0 saturated carbocycles. The first-order valence-electron chi connectivity index (χ1n) is 6.52. The van der Waals surface area contributed by atoms with E-state index in [1.807, 2.05) is 18.2 Å². The fourth-order valence-corrected chi connectivity index (χ4v) is 2.47. The minimum absolute atomic E-state index is 0.140. The van der Waals surface area contributed by atoms with Crippen LogP contribution in [0.1, 0.15) is 18.0 Å². The monoisotopic (exact) mass is 261 g/mol. The van der Waals surface area contributed by atoms with Crippen molar-refractivity contribution in [1.82, 2.24) is 10.2 Å². The molecule has 0 aliphatic carbocycles. The van der Waals surface area contributed by atoms with Gasteiger partial charge in [0.05, 0.1) is 4.92 Å². The number of piperazine rings is 1. The third-order valence-corrected chi connectivity index (χ3v) is 3.47. The van der Waals surface area contributed by atoms with Gasteiger partial charge in [0.25, 0.3) is 5.69 Å². The van der Waals surface area contributed by atoms with Crippen LogP contribution in [0.15, 0.2) is 36.9 Å². The molecule has 0 aromatic heterocycles. The molecule has 1 fully saturated rings. The van der Waals surface area contributed by atoms with E-state index in [-0.39, 0.29) is 16.7 Å². The second kappa shape index (κ2) is 6.45. The summed E-state index contributed by atoms with van der Waals surface area (Å²) in [6, 6.07) is 7.13. The van der Waals surface area contributed by atoms with E-state index in [0.717, 1.165) is 38.2 Å². The average Bonchev–Trinajstić information content (AvgIpc) is 2.46. The Kier molecular flexibility index (Phi) is 4.65. The molecule has 5 nitrogen and oxygen atoms in total. The number of nitrogens with zero attached hydrogens (tertiary/aromatic N) is 2. The quantitative estimate of drug-likeness (QED) is 0.501. The molecule has 0 bridgehead atoms. The third kappa shape index (κ3) is 3.39. The fourth-order valence-electron chi connectivity index (χ4n) is 2.47. The van der Waals surface area contributed by atoms with Crippen molar-refractivity contribution in [2.75, 3.05) is 26.2 Å². The first-order chi connectivity index (χ1) is 9.22. The summed E-state index contributed by atoms with van der Waals surface area (Å²) in [5.74, 6) is 0. The summed E-state index contributed by atoms with van der Waals surface area (Å²) in [5.41, 5.74) is 1.26. The predicted octanol–water partition coefficient (Wildman–Crippen LogP) is 2.12. The lowest BCUT2D eigenvalue weighted by atomic mass is 10.0. The molecular formula is C14H19N3O2.